The van der Waals surface area contributed by atoms with Crippen LogP contribution in [-0.4, -0.2) is 54.0 Å². The summed E-state index contributed by atoms with van der Waals surface area (Å²) >= 11 is 0. The third-order valence-electron chi connectivity index (χ3n) is 3.40. The van der Waals surface area contributed by atoms with Gasteiger partial charge in [0.05, 0.1) is 6.04 Å². The molecule has 4 heteroatoms. The zero-order chi connectivity index (χ0) is 15.3. The number of ether oxygens (including phenoxy) is 1. The van der Waals surface area contributed by atoms with E-state index in [0.717, 1.165) is 19.6 Å². The zero-order valence-corrected chi connectivity index (χ0v) is 13.5. The van der Waals surface area contributed by atoms with Gasteiger partial charge in [0, 0.05) is 19.7 Å². The molecule has 1 aliphatic rings. The number of hydrogen-bond acceptors (Lipinski definition) is 3. The van der Waals surface area contributed by atoms with E-state index in [1.54, 1.807) is 18.0 Å². The molecule has 1 amide bonds. The molecule has 0 N–H and O–H groups in total. The smallest absolute Gasteiger partial charge is 0.246 e. The van der Waals surface area contributed by atoms with E-state index in [9.17, 15) is 4.79 Å². The van der Waals surface area contributed by atoms with Crippen LogP contribution in [0.4, 0.5) is 0 Å². The third kappa shape index (κ3) is 5.37. The van der Waals surface area contributed by atoms with Gasteiger partial charge in [-0.2, -0.15) is 0 Å². The molecule has 4 nitrogen and oxygen atoms in total. The van der Waals surface area contributed by atoms with Crippen molar-refractivity contribution in [1.82, 2.24) is 9.80 Å². The highest BCUT2D eigenvalue weighted by atomic mass is 16.5. The van der Waals surface area contributed by atoms with Gasteiger partial charge in [-0.1, -0.05) is 12.7 Å². The number of carbonyl (C=O) groups excluding carboxylic acids is 1. The predicted molar refractivity (Wildman–Crippen MR) is 82.4 cm³/mol. The maximum Gasteiger partial charge on any atom is 0.246 e. The fourth-order valence-corrected chi connectivity index (χ4v) is 1.87. The van der Waals surface area contributed by atoms with Crippen molar-refractivity contribution < 1.29 is 9.53 Å². The zero-order valence-electron chi connectivity index (χ0n) is 13.5. The first-order chi connectivity index (χ1) is 9.20. The summed E-state index contributed by atoms with van der Waals surface area (Å²) in [6, 6.07) is -0.143. The maximum atomic E-state index is 12.1. The molecule has 0 spiro atoms. The molecule has 1 heterocycles. The first-order valence-corrected chi connectivity index (χ1v) is 7.24. The maximum absolute atomic E-state index is 12.1. The lowest BCUT2D eigenvalue weighted by Crippen LogP contribution is -2.38. The van der Waals surface area contributed by atoms with Crippen LogP contribution in [0.2, 0.25) is 0 Å². The second-order valence-electron chi connectivity index (χ2n) is 6.36. The van der Waals surface area contributed by atoms with Crippen LogP contribution in [0.25, 0.3) is 0 Å². The van der Waals surface area contributed by atoms with Crippen LogP contribution in [0.15, 0.2) is 24.5 Å². The molecule has 1 saturated heterocycles. The van der Waals surface area contributed by atoms with Crippen LogP contribution < -0.4 is 0 Å². The lowest BCUT2D eigenvalue weighted by Gasteiger charge is -2.31. The van der Waals surface area contributed by atoms with Gasteiger partial charge in [-0.25, -0.2) is 0 Å². The minimum absolute atomic E-state index is 0.0170. The number of likely N-dealkylation sites (tertiary alicyclic amines) is 1. The number of likely N-dealkylation sites (N-methyl/N-ethyl adjacent to an activating group) is 1. The molecule has 0 aliphatic carbocycles. The molecule has 1 rings (SSSR count). The van der Waals surface area contributed by atoms with Gasteiger partial charge in [-0.15, -0.1) is 0 Å². The molecule has 20 heavy (non-hydrogen) atoms. The second-order valence-corrected chi connectivity index (χ2v) is 6.36. The van der Waals surface area contributed by atoms with Crippen molar-refractivity contribution in [2.24, 2.45) is 0 Å². The Morgan fingerprint density at radius 2 is 2.05 bits per heavy atom. The molecular formula is C16H28N2O2. The van der Waals surface area contributed by atoms with E-state index in [1.165, 1.54) is 6.42 Å². The molecule has 0 aromatic heterocycles. The molecule has 1 aliphatic heterocycles. The van der Waals surface area contributed by atoms with Gasteiger partial charge in [-0.05, 0) is 47.2 Å². The molecule has 1 atom stereocenters. The quantitative estimate of drug-likeness (QED) is 0.553. The van der Waals surface area contributed by atoms with E-state index < -0.39 is 0 Å². The van der Waals surface area contributed by atoms with Crippen molar-refractivity contribution in [1.29, 1.82) is 0 Å². The molecule has 114 valence electrons. The van der Waals surface area contributed by atoms with Crippen molar-refractivity contribution in [3.8, 4) is 0 Å². The fourth-order valence-electron chi connectivity index (χ4n) is 1.87. The Morgan fingerprint density at radius 1 is 1.45 bits per heavy atom. The standard InChI is InChI=1S/C16H28N2O2/c1-13(14(2)20-16(3,4)5)17(6)15(19)9-7-10-18-11-8-12-18/h7,9,13H,2,8,10-12H2,1,3-6H3/b9-7+/t13-/m0/s1. The average molecular weight is 280 g/mol. The topological polar surface area (TPSA) is 32.8 Å². The molecule has 1 fully saturated rings. The molecular weight excluding hydrogens is 252 g/mol. The van der Waals surface area contributed by atoms with Gasteiger partial charge in [0.25, 0.3) is 0 Å². The van der Waals surface area contributed by atoms with E-state index in [0.29, 0.717) is 5.76 Å². The van der Waals surface area contributed by atoms with E-state index in [4.69, 9.17) is 4.74 Å². The van der Waals surface area contributed by atoms with Crippen molar-refractivity contribution in [2.75, 3.05) is 26.7 Å². The van der Waals surface area contributed by atoms with Crippen LogP contribution >= 0.6 is 0 Å². The Kier molecular flexibility index (Phi) is 5.81. The predicted octanol–water partition coefficient (Wildman–Crippen LogP) is 2.42. The van der Waals surface area contributed by atoms with Gasteiger partial charge in [-0.3, -0.25) is 9.69 Å². The van der Waals surface area contributed by atoms with Crippen LogP contribution in [0.1, 0.15) is 34.1 Å². The van der Waals surface area contributed by atoms with Gasteiger partial charge in [0.15, 0.2) is 0 Å². The highest BCUT2D eigenvalue weighted by Gasteiger charge is 2.21. The molecule has 0 radical (unpaired) electrons. The van der Waals surface area contributed by atoms with Crippen molar-refractivity contribution in [3.05, 3.63) is 24.5 Å². The molecule has 0 aromatic rings. The first-order valence-electron chi connectivity index (χ1n) is 7.24. The number of rotatable bonds is 6. The van der Waals surface area contributed by atoms with Crippen molar-refractivity contribution in [2.45, 2.75) is 45.8 Å². The lowest BCUT2D eigenvalue weighted by molar-refractivity contribution is -0.127. The largest absolute Gasteiger partial charge is 0.491 e. The Labute approximate surface area is 123 Å². The van der Waals surface area contributed by atoms with E-state index in [2.05, 4.69) is 11.5 Å². The van der Waals surface area contributed by atoms with E-state index in [-0.39, 0.29) is 17.6 Å². The summed E-state index contributed by atoms with van der Waals surface area (Å²) < 4.78 is 5.72. The summed E-state index contributed by atoms with van der Waals surface area (Å²) in [5, 5.41) is 0. The lowest BCUT2D eigenvalue weighted by atomic mass is 10.1. The summed E-state index contributed by atoms with van der Waals surface area (Å²) in [6.45, 7) is 14.9. The van der Waals surface area contributed by atoms with Crippen molar-refractivity contribution >= 4 is 5.91 Å². The Bertz CT molecular complexity index is 378. The molecule has 0 unspecified atom stereocenters. The fraction of sp³-hybridized carbons (Fsp3) is 0.688. The monoisotopic (exact) mass is 280 g/mol. The minimum atomic E-state index is -0.289. The average Bonchev–Trinajstić information content (AvgIpc) is 2.27. The normalized spacial score (nSPS) is 17.6. The number of amides is 1. The van der Waals surface area contributed by atoms with E-state index in [1.807, 2.05) is 33.8 Å². The number of carbonyl (C=O) groups is 1. The van der Waals surface area contributed by atoms with Gasteiger partial charge in [0.2, 0.25) is 5.91 Å². The Morgan fingerprint density at radius 3 is 2.50 bits per heavy atom. The Hall–Kier alpha value is -1.29. The molecule has 0 bridgehead atoms. The molecule has 0 saturated carbocycles. The van der Waals surface area contributed by atoms with Gasteiger partial charge in [0.1, 0.15) is 11.4 Å². The number of hydrogen-bond donors (Lipinski definition) is 0. The van der Waals surface area contributed by atoms with Crippen LogP contribution in [-0.2, 0) is 9.53 Å². The van der Waals surface area contributed by atoms with Crippen molar-refractivity contribution in [3.63, 3.8) is 0 Å². The number of nitrogens with zero attached hydrogens (tertiary/aromatic N) is 2. The Balaban J connectivity index is 2.43. The van der Waals surface area contributed by atoms with Crippen LogP contribution in [0, 0.1) is 0 Å². The third-order valence-corrected chi connectivity index (χ3v) is 3.40. The highest BCUT2D eigenvalue weighted by molar-refractivity contribution is 5.87. The summed E-state index contributed by atoms with van der Waals surface area (Å²) in [7, 11) is 1.78. The highest BCUT2D eigenvalue weighted by Crippen LogP contribution is 2.17. The van der Waals surface area contributed by atoms with Crippen LogP contribution in [0.5, 0.6) is 0 Å². The summed E-state index contributed by atoms with van der Waals surface area (Å²) in [5.74, 6) is 0.598. The van der Waals surface area contributed by atoms with Crippen LogP contribution in [0.3, 0.4) is 0 Å². The summed E-state index contributed by atoms with van der Waals surface area (Å²) in [4.78, 5) is 16.0. The first kappa shape index (κ1) is 16.8. The molecule has 0 aromatic carbocycles. The van der Waals surface area contributed by atoms with E-state index >= 15 is 0 Å². The van der Waals surface area contributed by atoms with Gasteiger partial charge >= 0.3 is 0 Å². The van der Waals surface area contributed by atoms with Gasteiger partial charge < -0.3 is 9.64 Å². The second kappa shape index (κ2) is 6.93. The SMILES string of the molecule is C=C(OC(C)(C)C)[C@H](C)N(C)C(=O)/C=C/CN1CCC1. The summed E-state index contributed by atoms with van der Waals surface area (Å²) in [6.07, 6.45) is 4.83. The minimum Gasteiger partial charge on any atom is -0.491 e. The summed E-state index contributed by atoms with van der Waals surface area (Å²) in [5.41, 5.74) is -0.289.